The molecule has 1 fully saturated rings. The first-order valence-electron chi connectivity index (χ1n) is 7.78. The number of nitrogens with two attached hydrogens (primary N) is 1. The molecule has 0 bridgehead atoms. The van der Waals surface area contributed by atoms with E-state index in [0.29, 0.717) is 0 Å². The maximum Gasteiger partial charge on any atom is 0.123 e. The Morgan fingerprint density at radius 3 is 2.90 bits per heavy atom. The lowest BCUT2D eigenvalue weighted by molar-refractivity contribution is 0.163. The fourth-order valence-electron chi connectivity index (χ4n) is 3.07. The van der Waals surface area contributed by atoms with Crippen LogP contribution in [0.2, 0.25) is 0 Å². The Hall–Kier alpha value is -1.06. The second-order valence-corrected chi connectivity index (χ2v) is 6.01. The lowest BCUT2D eigenvalue weighted by atomic mass is 9.95. The summed E-state index contributed by atoms with van der Waals surface area (Å²) in [4.78, 5) is 2.56. The number of piperidine rings is 1. The van der Waals surface area contributed by atoms with Crippen LogP contribution in [0.1, 0.15) is 50.3 Å². The molecule has 2 N–H and O–H groups in total. The molecule has 0 spiro atoms. The first-order valence-corrected chi connectivity index (χ1v) is 7.78. The van der Waals surface area contributed by atoms with E-state index in [9.17, 15) is 0 Å². The van der Waals surface area contributed by atoms with E-state index in [1.54, 1.807) is 7.11 Å². The van der Waals surface area contributed by atoms with Gasteiger partial charge in [0, 0.05) is 24.7 Å². The molecular formula is C17H28N2O. The predicted molar refractivity (Wildman–Crippen MR) is 83.9 cm³/mol. The molecule has 2 atom stereocenters. The Morgan fingerprint density at radius 2 is 2.25 bits per heavy atom. The quantitative estimate of drug-likeness (QED) is 0.896. The van der Waals surface area contributed by atoms with Gasteiger partial charge in [-0.05, 0) is 49.9 Å². The number of nitrogens with zero attached hydrogens (tertiary/aromatic N) is 1. The monoisotopic (exact) mass is 276 g/mol. The van der Waals surface area contributed by atoms with Gasteiger partial charge in [0.15, 0.2) is 0 Å². The number of benzene rings is 1. The summed E-state index contributed by atoms with van der Waals surface area (Å²) < 4.78 is 5.51. The van der Waals surface area contributed by atoms with Crippen molar-refractivity contribution in [3.8, 4) is 5.75 Å². The highest BCUT2D eigenvalue weighted by Gasteiger charge is 2.19. The van der Waals surface area contributed by atoms with Crippen LogP contribution in [0.25, 0.3) is 0 Å². The summed E-state index contributed by atoms with van der Waals surface area (Å²) in [7, 11) is 1.75. The molecule has 1 aliphatic rings. The van der Waals surface area contributed by atoms with Gasteiger partial charge in [0.2, 0.25) is 0 Å². The molecule has 0 radical (unpaired) electrons. The number of hydrogen-bond acceptors (Lipinski definition) is 3. The highest BCUT2D eigenvalue weighted by atomic mass is 16.5. The van der Waals surface area contributed by atoms with E-state index in [2.05, 4.69) is 30.0 Å². The van der Waals surface area contributed by atoms with Gasteiger partial charge >= 0.3 is 0 Å². The molecular weight excluding hydrogens is 248 g/mol. The van der Waals surface area contributed by atoms with Crippen molar-refractivity contribution in [1.29, 1.82) is 0 Å². The molecule has 2 unspecified atom stereocenters. The summed E-state index contributed by atoms with van der Waals surface area (Å²) in [5.74, 6) is 1.83. The maximum atomic E-state index is 6.00. The minimum atomic E-state index is 0.0735. The molecule has 112 valence electrons. The topological polar surface area (TPSA) is 38.5 Å². The third-order valence-electron chi connectivity index (χ3n) is 4.40. The van der Waals surface area contributed by atoms with E-state index in [1.165, 1.54) is 43.5 Å². The lowest BCUT2D eigenvalue weighted by Gasteiger charge is -2.32. The first kappa shape index (κ1) is 15.3. The summed E-state index contributed by atoms with van der Waals surface area (Å²) in [5.41, 5.74) is 8.44. The molecule has 3 heteroatoms. The van der Waals surface area contributed by atoms with Gasteiger partial charge < -0.3 is 10.5 Å². The summed E-state index contributed by atoms with van der Waals surface area (Å²) in [6.45, 7) is 7.70. The molecule has 0 saturated carbocycles. The number of hydrogen-bond donors (Lipinski definition) is 1. The average molecular weight is 276 g/mol. The SMILES string of the molecule is CCC1CCCN(Cc2cc(C(C)N)ccc2OC)C1. The van der Waals surface area contributed by atoms with Crippen LogP contribution >= 0.6 is 0 Å². The third kappa shape index (κ3) is 3.74. The number of methoxy groups -OCH3 is 1. The van der Waals surface area contributed by atoms with E-state index in [0.717, 1.165) is 18.2 Å². The first-order chi connectivity index (χ1) is 9.63. The largest absolute Gasteiger partial charge is 0.496 e. The van der Waals surface area contributed by atoms with Crippen molar-refractivity contribution in [2.45, 2.75) is 45.7 Å². The molecule has 0 aromatic heterocycles. The minimum Gasteiger partial charge on any atom is -0.496 e. The molecule has 1 heterocycles. The fourth-order valence-corrected chi connectivity index (χ4v) is 3.07. The second-order valence-electron chi connectivity index (χ2n) is 6.01. The van der Waals surface area contributed by atoms with Crippen LogP contribution in [-0.2, 0) is 6.54 Å². The Labute approximate surface area is 123 Å². The van der Waals surface area contributed by atoms with Crippen LogP contribution in [0.5, 0.6) is 5.75 Å². The summed E-state index contributed by atoms with van der Waals surface area (Å²) >= 11 is 0. The Kier molecular flexibility index (Phi) is 5.44. The molecule has 0 amide bonds. The molecule has 1 aromatic carbocycles. The molecule has 3 nitrogen and oxygen atoms in total. The second kappa shape index (κ2) is 7.09. The number of rotatable bonds is 5. The minimum absolute atomic E-state index is 0.0735. The average Bonchev–Trinajstić information content (AvgIpc) is 2.47. The summed E-state index contributed by atoms with van der Waals surface area (Å²) in [6, 6.07) is 6.40. The zero-order valence-electron chi connectivity index (χ0n) is 13.1. The third-order valence-corrected chi connectivity index (χ3v) is 4.40. The van der Waals surface area contributed by atoms with Gasteiger partial charge in [-0.1, -0.05) is 19.4 Å². The molecule has 2 rings (SSSR count). The van der Waals surface area contributed by atoms with Crippen molar-refractivity contribution in [3.63, 3.8) is 0 Å². The maximum absolute atomic E-state index is 6.00. The number of ether oxygens (including phenoxy) is 1. The standard InChI is InChI=1S/C17H28N2O/c1-4-14-6-5-9-19(11-14)12-16-10-15(13(2)18)7-8-17(16)20-3/h7-8,10,13-14H,4-6,9,11-12,18H2,1-3H3. The van der Waals surface area contributed by atoms with Crippen LogP contribution in [-0.4, -0.2) is 25.1 Å². The van der Waals surface area contributed by atoms with Crippen molar-refractivity contribution in [2.75, 3.05) is 20.2 Å². The molecule has 1 aromatic rings. The van der Waals surface area contributed by atoms with Crippen LogP contribution in [0.15, 0.2) is 18.2 Å². The van der Waals surface area contributed by atoms with Gasteiger partial charge in [-0.3, -0.25) is 4.90 Å². The van der Waals surface area contributed by atoms with E-state index in [1.807, 2.05) is 6.92 Å². The number of likely N-dealkylation sites (tertiary alicyclic amines) is 1. The molecule has 1 aliphatic heterocycles. The van der Waals surface area contributed by atoms with Gasteiger partial charge in [-0.15, -0.1) is 0 Å². The van der Waals surface area contributed by atoms with Gasteiger partial charge in [-0.2, -0.15) is 0 Å². The molecule has 20 heavy (non-hydrogen) atoms. The van der Waals surface area contributed by atoms with Crippen LogP contribution in [0.3, 0.4) is 0 Å². The predicted octanol–water partition coefficient (Wildman–Crippen LogP) is 3.34. The van der Waals surface area contributed by atoms with E-state index in [-0.39, 0.29) is 6.04 Å². The van der Waals surface area contributed by atoms with E-state index < -0.39 is 0 Å². The van der Waals surface area contributed by atoms with E-state index in [4.69, 9.17) is 10.5 Å². The van der Waals surface area contributed by atoms with Crippen LogP contribution < -0.4 is 10.5 Å². The van der Waals surface area contributed by atoms with Crippen LogP contribution in [0.4, 0.5) is 0 Å². The highest BCUT2D eigenvalue weighted by molar-refractivity contribution is 5.38. The van der Waals surface area contributed by atoms with Crippen molar-refractivity contribution in [3.05, 3.63) is 29.3 Å². The van der Waals surface area contributed by atoms with Crippen molar-refractivity contribution in [2.24, 2.45) is 11.7 Å². The van der Waals surface area contributed by atoms with Gasteiger partial charge in [0.1, 0.15) is 5.75 Å². The smallest absolute Gasteiger partial charge is 0.123 e. The zero-order valence-corrected chi connectivity index (χ0v) is 13.1. The molecule has 1 saturated heterocycles. The van der Waals surface area contributed by atoms with Crippen molar-refractivity contribution < 1.29 is 4.74 Å². The summed E-state index contributed by atoms with van der Waals surface area (Å²) in [5, 5.41) is 0. The lowest BCUT2D eigenvalue weighted by Crippen LogP contribution is -2.34. The van der Waals surface area contributed by atoms with Crippen molar-refractivity contribution in [1.82, 2.24) is 4.90 Å². The van der Waals surface area contributed by atoms with Gasteiger partial charge in [0.05, 0.1) is 7.11 Å². The Morgan fingerprint density at radius 1 is 1.45 bits per heavy atom. The van der Waals surface area contributed by atoms with Gasteiger partial charge in [-0.25, -0.2) is 0 Å². The van der Waals surface area contributed by atoms with Gasteiger partial charge in [0.25, 0.3) is 0 Å². The Balaban J connectivity index is 2.12. The molecule has 0 aliphatic carbocycles. The fraction of sp³-hybridized carbons (Fsp3) is 0.647. The highest BCUT2D eigenvalue weighted by Crippen LogP contribution is 2.26. The normalized spacial score (nSPS) is 21.7. The van der Waals surface area contributed by atoms with Crippen LogP contribution in [0, 0.1) is 5.92 Å². The Bertz CT molecular complexity index is 431. The summed E-state index contributed by atoms with van der Waals surface area (Å²) in [6.07, 6.45) is 3.98. The van der Waals surface area contributed by atoms with Crippen molar-refractivity contribution >= 4 is 0 Å². The van der Waals surface area contributed by atoms with E-state index >= 15 is 0 Å². The zero-order chi connectivity index (χ0) is 14.5.